The van der Waals surface area contributed by atoms with Crippen molar-refractivity contribution in [3.05, 3.63) is 45.6 Å². The van der Waals surface area contributed by atoms with Crippen molar-refractivity contribution in [1.82, 2.24) is 4.90 Å². The van der Waals surface area contributed by atoms with E-state index in [1.54, 1.807) is 0 Å². The Morgan fingerprint density at radius 3 is 2.74 bits per heavy atom. The molecular formula is C19H24INO2. The molecule has 0 spiro atoms. The summed E-state index contributed by atoms with van der Waals surface area (Å²) in [5, 5.41) is 0. The fourth-order valence-electron chi connectivity index (χ4n) is 4.37. The number of fused-ring (bicyclic) bond motifs is 2. The van der Waals surface area contributed by atoms with E-state index in [0.717, 1.165) is 19.4 Å². The summed E-state index contributed by atoms with van der Waals surface area (Å²) in [6.07, 6.45) is 5.53. The number of aryl methyl sites for hydroxylation is 1. The molecule has 2 heterocycles. The summed E-state index contributed by atoms with van der Waals surface area (Å²) in [7, 11) is 1.52. The van der Waals surface area contributed by atoms with Gasteiger partial charge in [-0.2, -0.15) is 0 Å². The lowest BCUT2D eigenvalue weighted by molar-refractivity contribution is -0.150. The van der Waals surface area contributed by atoms with Crippen LogP contribution in [-0.4, -0.2) is 36.6 Å². The minimum atomic E-state index is -0.0518. The molecule has 3 rings (SSSR count). The van der Waals surface area contributed by atoms with Crippen molar-refractivity contribution in [2.45, 2.75) is 44.2 Å². The van der Waals surface area contributed by atoms with Crippen LogP contribution in [0.25, 0.3) is 0 Å². The molecular weight excluding hydrogens is 401 g/mol. The van der Waals surface area contributed by atoms with Gasteiger partial charge in [-0.3, -0.25) is 9.69 Å². The lowest BCUT2D eigenvalue weighted by Gasteiger charge is -2.43. The van der Waals surface area contributed by atoms with Crippen LogP contribution < -0.4 is 0 Å². The predicted octanol–water partition coefficient (Wildman–Crippen LogP) is 4.05. The van der Waals surface area contributed by atoms with Gasteiger partial charge in [-0.15, -0.1) is 0 Å². The molecule has 2 bridgehead atoms. The molecule has 1 aromatic carbocycles. The summed E-state index contributed by atoms with van der Waals surface area (Å²) in [5.74, 6) is 0.175. The highest BCUT2D eigenvalue weighted by molar-refractivity contribution is 14.1. The highest BCUT2D eigenvalue weighted by atomic mass is 127. The van der Waals surface area contributed by atoms with Crippen LogP contribution in [-0.2, 0) is 9.53 Å². The third-order valence-corrected chi connectivity index (χ3v) is 5.96. The molecule has 0 radical (unpaired) electrons. The molecule has 2 aliphatic heterocycles. The number of carbonyl (C=O) groups excluding carboxylic acids is 1. The number of piperidine rings is 1. The first-order chi connectivity index (χ1) is 11.2. The van der Waals surface area contributed by atoms with E-state index in [-0.39, 0.29) is 17.8 Å². The topological polar surface area (TPSA) is 29.5 Å². The van der Waals surface area contributed by atoms with E-state index >= 15 is 0 Å². The van der Waals surface area contributed by atoms with Crippen molar-refractivity contribution in [2.75, 3.05) is 13.7 Å². The Bertz CT molecular complexity index is 584. The Hall–Kier alpha value is -0.880. The summed E-state index contributed by atoms with van der Waals surface area (Å²) >= 11 is 2.26. The van der Waals surface area contributed by atoms with Gasteiger partial charge in [-0.25, -0.2) is 0 Å². The van der Waals surface area contributed by atoms with Crippen molar-refractivity contribution in [2.24, 2.45) is 5.92 Å². The van der Waals surface area contributed by atoms with Gasteiger partial charge in [0.2, 0.25) is 0 Å². The number of ether oxygens (including phenoxy) is 1. The number of esters is 1. The second-order valence-electron chi connectivity index (χ2n) is 6.66. The Balaban J connectivity index is 1.91. The van der Waals surface area contributed by atoms with Crippen LogP contribution in [0, 0.1) is 12.8 Å². The first-order valence-electron chi connectivity index (χ1n) is 8.31. The van der Waals surface area contributed by atoms with Crippen molar-refractivity contribution in [3.63, 3.8) is 0 Å². The summed E-state index contributed by atoms with van der Waals surface area (Å²) < 4.78 is 7.25. The van der Waals surface area contributed by atoms with Crippen LogP contribution >= 0.6 is 22.6 Å². The van der Waals surface area contributed by atoms with Crippen molar-refractivity contribution in [3.8, 4) is 0 Å². The number of hydrogen-bond donors (Lipinski definition) is 0. The monoisotopic (exact) mass is 425 g/mol. The highest BCUT2D eigenvalue weighted by Crippen LogP contribution is 2.47. The molecule has 1 aromatic rings. The maximum absolute atomic E-state index is 12.6. The third kappa shape index (κ3) is 3.33. The van der Waals surface area contributed by atoms with Crippen LogP contribution in [0.1, 0.15) is 36.3 Å². The zero-order valence-corrected chi connectivity index (χ0v) is 15.9. The molecule has 1 unspecified atom stereocenters. The third-order valence-electron chi connectivity index (χ3n) is 5.45. The molecule has 0 aliphatic carbocycles. The molecule has 4 heteroatoms. The van der Waals surface area contributed by atoms with Gasteiger partial charge in [-0.05, 0) is 35.8 Å². The zero-order valence-electron chi connectivity index (χ0n) is 13.7. The second kappa shape index (κ2) is 7.34. The summed E-state index contributed by atoms with van der Waals surface area (Å²) in [4.78, 5) is 15.1. The maximum atomic E-state index is 12.6. The van der Waals surface area contributed by atoms with E-state index in [4.69, 9.17) is 4.74 Å². The molecule has 0 N–H and O–H groups in total. The van der Waals surface area contributed by atoms with Crippen molar-refractivity contribution < 1.29 is 9.53 Å². The summed E-state index contributed by atoms with van der Waals surface area (Å²) in [5.41, 5.74) is 2.54. The number of methoxy groups -OCH3 is 1. The maximum Gasteiger partial charge on any atom is 0.310 e. The first kappa shape index (κ1) is 17.0. The lowest BCUT2D eigenvalue weighted by Crippen LogP contribution is -2.50. The minimum Gasteiger partial charge on any atom is -0.469 e. The van der Waals surface area contributed by atoms with Crippen LogP contribution in [0.15, 0.2) is 34.4 Å². The molecule has 0 amide bonds. The van der Waals surface area contributed by atoms with Crippen molar-refractivity contribution in [1.29, 1.82) is 0 Å². The second-order valence-corrected chi connectivity index (χ2v) is 7.38. The van der Waals surface area contributed by atoms with E-state index in [2.05, 4.69) is 68.8 Å². The molecule has 0 aromatic heterocycles. The predicted molar refractivity (Wildman–Crippen MR) is 101 cm³/mol. The van der Waals surface area contributed by atoms with Crippen LogP contribution in [0.4, 0.5) is 0 Å². The number of nitrogens with zero attached hydrogens (tertiary/aromatic N) is 1. The van der Waals surface area contributed by atoms with Crippen molar-refractivity contribution >= 4 is 28.6 Å². The van der Waals surface area contributed by atoms with E-state index in [9.17, 15) is 4.79 Å². The van der Waals surface area contributed by atoms with Gasteiger partial charge in [0, 0.05) is 24.5 Å². The minimum absolute atomic E-state index is 0.0515. The smallest absolute Gasteiger partial charge is 0.310 e. The van der Waals surface area contributed by atoms with Gasteiger partial charge >= 0.3 is 5.97 Å². The van der Waals surface area contributed by atoms with Gasteiger partial charge in [0.05, 0.1) is 13.0 Å². The largest absolute Gasteiger partial charge is 0.469 e. The Morgan fingerprint density at radius 2 is 2.09 bits per heavy atom. The Morgan fingerprint density at radius 1 is 1.35 bits per heavy atom. The highest BCUT2D eigenvalue weighted by Gasteiger charge is 2.50. The summed E-state index contributed by atoms with van der Waals surface area (Å²) in [6, 6.07) is 9.57. The van der Waals surface area contributed by atoms with Gasteiger partial charge in [0.1, 0.15) is 0 Å². The van der Waals surface area contributed by atoms with Gasteiger partial charge in [0.15, 0.2) is 0 Å². The lowest BCUT2D eigenvalue weighted by atomic mass is 9.76. The zero-order chi connectivity index (χ0) is 16.4. The molecule has 2 saturated heterocycles. The van der Waals surface area contributed by atoms with Crippen LogP contribution in [0.2, 0.25) is 0 Å². The SMILES string of the molecule is COC(=O)[C@@H]1C2CC[C@H](C[C@@H]1c1ccc(C)cc1)N2CC=CI. The molecule has 124 valence electrons. The number of benzene rings is 1. The molecule has 4 atom stereocenters. The molecule has 2 fully saturated rings. The number of rotatable bonds is 4. The van der Waals surface area contributed by atoms with Crippen LogP contribution in [0.3, 0.4) is 0 Å². The Labute approximate surface area is 152 Å². The first-order valence-corrected chi connectivity index (χ1v) is 9.55. The fourth-order valence-corrected chi connectivity index (χ4v) is 4.60. The van der Waals surface area contributed by atoms with Crippen LogP contribution in [0.5, 0.6) is 0 Å². The molecule has 0 saturated carbocycles. The van der Waals surface area contributed by atoms with Gasteiger partial charge in [-0.1, -0.05) is 58.5 Å². The number of carbonyl (C=O) groups is 1. The van der Waals surface area contributed by atoms with Gasteiger partial charge in [0.25, 0.3) is 0 Å². The van der Waals surface area contributed by atoms with E-state index in [1.165, 1.54) is 24.7 Å². The molecule has 23 heavy (non-hydrogen) atoms. The van der Waals surface area contributed by atoms with E-state index < -0.39 is 0 Å². The number of halogens is 1. The quantitative estimate of drug-likeness (QED) is 0.539. The molecule has 2 aliphatic rings. The number of hydrogen-bond acceptors (Lipinski definition) is 3. The Kier molecular flexibility index (Phi) is 5.42. The van der Waals surface area contributed by atoms with E-state index in [1.807, 2.05) is 0 Å². The average molecular weight is 425 g/mol. The molecule has 3 nitrogen and oxygen atoms in total. The summed E-state index contributed by atoms with van der Waals surface area (Å²) in [6.45, 7) is 3.04. The fraction of sp³-hybridized carbons (Fsp3) is 0.526. The average Bonchev–Trinajstić information content (AvgIpc) is 2.84. The standard InChI is InChI=1S/C19H24INO2/c1-13-4-6-14(7-5-13)16-12-15-8-9-17(18(16)19(22)23-2)21(15)11-3-10-20/h3-7,10,15-18H,8-9,11-12H2,1-2H3/t15-,16-,17?,18+/m1/s1. The van der Waals surface area contributed by atoms with E-state index in [0.29, 0.717) is 12.1 Å². The van der Waals surface area contributed by atoms with Gasteiger partial charge < -0.3 is 4.74 Å². The normalized spacial score (nSPS) is 30.7.